The molecule has 0 bridgehead atoms. The number of carbonyl (C=O) groups is 2. The number of methoxy groups -OCH3 is 1. The van der Waals surface area contributed by atoms with Crippen LogP contribution in [0.2, 0.25) is 0 Å². The highest BCUT2D eigenvalue weighted by Gasteiger charge is 2.33. The summed E-state index contributed by atoms with van der Waals surface area (Å²) in [6.45, 7) is 5.54. The molecule has 31 heavy (non-hydrogen) atoms. The van der Waals surface area contributed by atoms with E-state index in [0.717, 1.165) is 21.1 Å². The molecule has 0 saturated carbocycles. The summed E-state index contributed by atoms with van der Waals surface area (Å²) < 4.78 is 10.9. The monoisotopic (exact) mass is 437 g/mol. The Kier molecular flexibility index (Phi) is 5.65. The predicted octanol–water partition coefficient (Wildman–Crippen LogP) is 4.19. The summed E-state index contributed by atoms with van der Waals surface area (Å²) in [7, 11) is 1.58. The number of ether oxygens (including phenoxy) is 2. The quantitative estimate of drug-likeness (QED) is 0.647. The molecule has 4 rings (SSSR count). The lowest BCUT2D eigenvalue weighted by Gasteiger charge is -2.33. The Morgan fingerprint density at radius 2 is 1.97 bits per heavy atom. The number of nitrogens with zero attached hydrogens (tertiary/aromatic N) is 2. The van der Waals surface area contributed by atoms with Crippen molar-refractivity contribution in [2.45, 2.75) is 26.9 Å². The number of carbonyl (C=O) groups excluding carboxylic acids is 2. The van der Waals surface area contributed by atoms with Crippen LogP contribution in [0.3, 0.4) is 0 Å². The fourth-order valence-electron chi connectivity index (χ4n) is 3.53. The minimum absolute atomic E-state index is 0.121. The highest BCUT2D eigenvalue weighted by Crippen LogP contribution is 2.38. The van der Waals surface area contributed by atoms with E-state index < -0.39 is 6.10 Å². The number of fused-ring (bicyclic) bond motifs is 1. The number of benzene rings is 2. The summed E-state index contributed by atoms with van der Waals surface area (Å²) >= 11 is 1.62. The number of rotatable bonds is 5. The van der Waals surface area contributed by atoms with Crippen molar-refractivity contribution in [3.8, 4) is 22.8 Å². The number of aryl methyl sites for hydroxylation is 2. The number of anilines is 2. The van der Waals surface area contributed by atoms with Gasteiger partial charge in [-0.3, -0.25) is 14.5 Å². The van der Waals surface area contributed by atoms with Crippen LogP contribution in [0.4, 0.5) is 11.4 Å². The van der Waals surface area contributed by atoms with Crippen LogP contribution in [0.5, 0.6) is 11.5 Å². The Bertz CT molecular complexity index is 1140. The van der Waals surface area contributed by atoms with E-state index in [-0.39, 0.29) is 18.4 Å². The molecular formula is C23H23N3O4S. The minimum Gasteiger partial charge on any atom is -0.497 e. The SMILES string of the molecule is COc1ccc(NC(=O)CN2C(=O)C(C)Oc3ccc(-c4nc(C)sc4C)cc32)cc1. The van der Waals surface area contributed by atoms with Crippen LogP contribution in [0.15, 0.2) is 42.5 Å². The van der Waals surface area contributed by atoms with Gasteiger partial charge in [0.1, 0.15) is 18.0 Å². The summed E-state index contributed by atoms with van der Waals surface area (Å²) in [5.74, 6) is 0.701. The van der Waals surface area contributed by atoms with Crippen LogP contribution < -0.4 is 19.7 Å². The molecule has 7 nitrogen and oxygen atoms in total. The Balaban J connectivity index is 1.61. The Morgan fingerprint density at radius 1 is 1.23 bits per heavy atom. The first kappa shape index (κ1) is 20.9. The van der Waals surface area contributed by atoms with Crippen LogP contribution in [0, 0.1) is 13.8 Å². The second-order valence-corrected chi connectivity index (χ2v) is 8.69. The molecule has 1 aliphatic rings. The molecule has 0 fully saturated rings. The first-order valence-electron chi connectivity index (χ1n) is 9.86. The van der Waals surface area contributed by atoms with E-state index in [2.05, 4.69) is 10.3 Å². The third-order valence-corrected chi connectivity index (χ3v) is 5.91. The van der Waals surface area contributed by atoms with Gasteiger partial charge in [-0.15, -0.1) is 11.3 Å². The van der Waals surface area contributed by atoms with E-state index in [1.165, 1.54) is 4.90 Å². The Hall–Kier alpha value is -3.39. The lowest BCUT2D eigenvalue weighted by atomic mass is 10.1. The Labute approximate surface area is 184 Å². The number of amides is 2. The van der Waals surface area contributed by atoms with E-state index in [1.54, 1.807) is 49.6 Å². The molecule has 3 aromatic rings. The van der Waals surface area contributed by atoms with Gasteiger partial charge in [0.05, 0.1) is 23.5 Å². The third-order valence-electron chi connectivity index (χ3n) is 5.02. The van der Waals surface area contributed by atoms with Crippen LogP contribution >= 0.6 is 11.3 Å². The van der Waals surface area contributed by atoms with Crippen LogP contribution in [0.25, 0.3) is 11.3 Å². The molecule has 1 N–H and O–H groups in total. The standard InChI is InChI=1S/C23H23N3O4S/c1-13-23(28)26(12-21(27)25-17-6-8-18(29-4)9-7-17)19-11-16(5-10-20(19)30-13)22-14(2)31-15(3)24-22/h5-11,13H,12H2,1-4H3,(H,25,27). The molecule has 0 aliphatic carbocycles. The lowest BCUT2D eigenvalue weighted by Crippen LogP contribution is -2.47. The second kappa shape index (κ2) is 8.39. The van der Waals surface area contributed by atoms with Crippen LogP contribution in [-0.4, -0.2) is 36.6 Å². The van der Waals surface area contributed by atoms with E-state index in [0.29, 0.717) is 22.9 Å². The van der Waals surface area contributed by atoms with E-state index in [4.69, 9.17) is 9.47 Å². The van der Waals surface area contributed by atoms with Gasteiger partial charge in [-0.2, -0.15) is 0 Å². The molecule has 2 aromatic carbocycles. The molecule has 160 valence electrons. The van der Waals surface area contributed by atoms with Gasteiger partial charge in [-0.1, -0.05) is 0 Å². The average Bonchev–Trinajstić information content (AvgIpc) is 3.09. The van der Waals surface area contributed by atoms with E-state index in [9.17, 15) is 9.59 Å². The minimum atomic E-state index is -0.671. The largest absolute Gasteiger partial charge is 0.497 e. The normalized spacial score (nSPS) is 15.3. The summed E-state index contributed by atoms with van der Waals surface area (Å²) in [5, 5.41) is 3.80. The number of aromatic nitrogens is 1. The third kappa shape index (κ3) is 4.25. The smallest absolute Gasteiger partial charge is 0.268 e. The van der Waals surface area contributed by atoms with Crippen molar-refractivity contribution < 1.29 is 19.1 Å². The first-order chi connectivity index (χ1) is 14.9. The highest BCUT2D eigenvalue weighted by molar-refractivity contribution is 7.11. The molecule has 1 aromatic heterocycles. The fourth-order valence-corrected chi connectivity index (χ4v) is 4.37. The van der Waals surface area contributed by atoms with Gasteiger partial charge in [0.15, 0.2) is 6.10 Å². The highest BCUT2D eigenvalue weighted by atomic mass is 32.1. The van der Waals surface area contributed by atoms with Crippen LogP contribution in [0.1, 0.15) is 16.8 Å². The van der Waals surface area contributed by atoms with Crippen molar-refractivity contribution in [3.05, 3.63) is 52.3 Å². The van der Waals surface area contributed by atoms with E-state index >= 15 is 0 Å². The summed E-state index contributed by atoms with van der Waals surface area (Å²) in [6, 6.07) is 12.6. The van der Waals surface area contributed by atoms with Crippen molar-refractivity contribution >= 4 is 34.5 Å². The number of hydrogen-bond acceptors (Lipinski definition) is 6. The number of hydrogen-bond donors (Lipinski definition) is 1. The molecule has 2 heterocycles. The van der Waals surface area contributed by atoms with Gasteiger partial charge in [0, 0.05) is 16.1 Å². The number of nitrogens with one attached hydrogen (secondary N) is 1. The molecule has 0 spiro atoms. The van der Waals surface area contributed by atoms with Gasteiger partial charge < -0.3 is 14.8 Å². The predicted molar refractivity (Wildman–Crippen MR) is 121 cm³/mol. The average molecular weight is 438 g/mol. The zero-order valence-corrected chi connectivity index (χ0v) is 18.6. The lowest BCUT2D eigenvalue weighted by molar-refractivity contribution is -0.127. The summed E-state index contributed by atoms with van der Waals surface area (Å²) in [5.41, 5.74) is 2.95. The second-order valence-electron chi connectivity index (χ2n) is 7.28. The zero-order valence-electron chi connectivity index (χ0n) is 17.8. The molecular weight excluding hydrogens is 414 g/mol. The zero-order chi connectivity index (χ0) is 22.1. The van der Waals surface area contributed by atoms with Gasteiger partial charge in [-0.05, 0) is 63.2 Å². The van der Waals surface area contributed by atoms with Gasteiger partial charge in [0.2, 0.25) is 5.91 Å². The molecule has 0 saturated heterocycles. The Morgan fingerprint density at radius 3 is 2.61 bits per heavy atom. The van der Waals surface area contributed by atoms with Crippen molar-refractivity contribution in [2.75, 3.05) is 23.9 Å². The molecule has 1 atom stereocenters. The topological polar surface area (TPSA) is 80.8 Å². The van der Waals surface area contributed by atoms with Crippen molar-refractivity contribution in [2.24, 2.45) is 0 Å². The van der Waals surface area contributed by atoms with Crippen molar-refractivity contribution in [1.29, 1.82) is 0 Å². The summed E-state index contributed by atoms with van der Waals surface area (Å²) in [6.07, 6.45) is -0.671. The molecule has 0 radical (unpaired) electrons. The maximum absolute atomic E-state index is 12.9. The first-order valence-corrected chi connectivity index (χ1v) is 10.7. The van der Waals surface area contributed by atoms with Gasteiger partial charge in [0.25, 0.3) is 5.91 Å². The maximum Gasteiger partial charge on any atom is 0.268 e. The fraction of sp³-hybridized carbons (Fsp3) is 0.261. The molecule has 1 aliphatic heterocycles. The van der Waals surface area contributed by atoms with Crippen molar-refractivity contribution in [1.82, 2.24) is 4.98 Å². The maximum atomic E-state index is 12.9. The molecule has 1 unspecified atom stereocenters. The van der Waals surface area contributed by atoms with Crippen molar-refractivity contribution in [3.63, 3.8) is 0 Å². The molecule has 2 amide bonds. The number of thiazole rings is 1. The van der Waals surface area contributed by atoms with E-state index in [1.807, 2.05) is 32.0 Å². The van der Waals surface area contributed by atoms with Crippen LogP contribution in [-0.2, 0) is 9.59 Å². The summed E-state index contributed by atoms with van der Waals surface area (Å²) in [4.78, 5) is 32.8. The van der Waals surface area contributed by atoms with Gasteiger partial charge >= 0.3 is 0 Å². The molecule has 8 heteroatoms. The van der Waals surface area contributed by atoms with Gasteiger partial charge in [-0.25, -0.2) is 4.98 Å².